The second-order valence-corrected chi connectivity index (χ2v) is 13.6. The monoisotopic (exact) mass is 691 g/mol. The molecule has 0 aliphatic rings. The van der Waals surface area contributed by atoms with Gasteiger partial charge in [0.1, 0.15) is 28.0 Å². The van der Waals surface area contributed by atoms with Crippen molar-refractivity contribution in [2.75, 3.05) is 0 Å². The lowest BCUT2D eigenvalue weighted by molar-refractivity contribution is 0.668. The molecule has 4 heterocycles. The van der Waals surface area contributed by atoms with Crippen LogP contribution in [0.4, 0.5) is 0 Å². The van der Waals surface area contributed by atoms with Gasteiger partial charge in [-0.2, -0.15) is 0 Å². The Morgan fingerprint density at radius 3 is 1.50 bits per heavy atom. The molecule has 11 rings (SSSR count). The molecule has 0 radical (unpaired) electrons. The van der Waals surface area contributed by atoms with Crippen molar-refractivity contribution in [1.29, 1.82) is 0 Å². The van der Waals surface area contributed by atoms with Gasteiger partial charge in [-0.05, 0) is 95.1 Å². The van der Waals surface area contributed by atoms with E-state index in [0.717, 1.165) is 105 Å². The summed E-state index contributed by atoms with van der Waals surface area (Å²) in [5.41, 5.74) is 13.0. The second kappa shape index (κ2) is 12.1. The molecule has 11 aromatic rings. The van der Waals surface area contributed by atoms with Crippen molar-refractivity contribution in [2.45, 2.75) is 0 Å². The average molecular weight is 692 g/mol. The molecule has 54 heavy (non-hydrogen) atoms. The number of hydrogen-bond acceptors (Lipinski definition) is 5. The maximum absolute atomic E-state index is 6.20. The van der Waals surface area contributed by atoms with Gasteiger partial charge in [0.05, 0.1) is 16.9 Å². The maximum Gasteiger partial charge on any atom is 0.179 e. The maximum atomic E-state index is 6.20. The third-order valence-corrected chi connectivity index (χ3v) is 10.3. The van der Waals surface area contributed by atoms with Crippen LogP contribution in [0.15, 0.2) is 185 Å². The van der Waals surface area contributed by atoms with Gasteiger partial charge in [-0.25, -0.2) is 15.0 Å². The van der Waals surface area contributed by atoms with E-state index in [1.54, 1.807) is 0 Å². The van der Waals surface area contributed by atoms with Gasteiger partial charge >= 0.3 is 0 Å². The number of rotatable bonds is 5. The van der Waals surface area contributed by atoms with Crippen LogP contribution in [0.5, 0.6) is 0 Å². The highest BCUT2D eigenvalue weighted by atomic mass is 16.3. The van der Waals surface area contributed by atoms with E-state index in [0.29, 0.717) is 5.82 Å². The molecule has 0 fully saturated rings. The predicted molar refractivity (Wildman–Crippen MR) is 219 cm³/mol. The van der Waals surface area contributed by atoms with Crippen LogP contribution in [0, 0.1) is 0 Å². The number of furan rings is 2. The first-order valence-corrected chi connectivity index (χ1v) is 18.0. The lowest BCUT2D eigenvalue weighted by atomic mass is 9.93. The smallest absolute Gasteiger partial charge is 0.179 e. The summed E-state index contributed by atoms with van der Waals surface area (Å²) in [6, 6.07) is 60.6. The second-order valence-electron chi connectivity index (χ2n) is 13.6. The van der Waals surface area contributed by atoms with Crippen molar-refractivity contribution in [3.05, 3.63) is 176 Å². The highest BCUT2D eigenvalue weighted by Crippen LogP contribution is 2.39. The van der Waals surface area contributed by atoms with Gasteiger partial charge in [0.2, 0.25) is 0 Å². The zero-order valence-electron chi connectivity index (χ0n) is 28.9. The minimum atomic E-state index is 0.571. The molecule has 7 aromatic carbocycles. The van der Waals surface area contributed by atoms with Crippen molar-refractivity contribution < 1.29 is 8.83 Å². The van der Waals surface area contributed by atoms with Crippen LogP contribution in [0.25, 0.3) is 111 Å². The largest absolute Gasteiger partial charge is 0.456 e. The highest BCUT2D eigenvalue weighted by Gasteiger charge is 2.17. The summed E-state index contributed by atoms with van der Waals surface area (Å²) >= 11 is 0. The number of pyridine rings is 1. The molecule has 0 N–H and O–H groups in total. The van der Waals surface area contributed by atoms with Crippen LogP contribution in [0.3, 0.4) is 0 Å². The van der Waals surface area contributed by atoms with E-state index in [9.17, 15) is 0 Å². The first-order valence-electron chi connectivity index (χ1n) is 18.0. The number of para-hydroxylation sites is 3. The standard InChI is InChI=1S/C49H29N3O2/c1-2-10-30(11-3-1)43-29-44(52-49(51-43)42-21-18-31-12-4-7-15-41(31)50-42)36-25-34(32-19-22-47-39(27-32)37-13-5-8-16-45(37)53-47)24-35(26-36)33-20-23-48-40(28-33)38-14-6-9-17-46(38)54-48/h1-29H. The lowest BCUT2D eigenvalue weighted by Crippen LogP contribution is -1.98. The van der Waals surface area contributed by atoms with Crippen LogP contribution in [0.1, 0.15) is 0 Å². The summed E-state index contributed by atoms with van der Waals surface area (Å²) in [6.45, 7) is 0. The van der Waals surface area contributed by atoms with Crippen LogP contribution in [-0.4, -0.2) is 15.0 Å². The summed E-state index contributed by atoms with van der Waals surface area (Å²) in [5, 5.41) is 5.43. The Morgan fingerprint density at radius 2 is 0.833 bits per heavy atom. The minimum absolute atomic E-state index is 0.571. The number of fused-ring (bicyclic) bond motifs is 7. The van der Waals surface area contributed by atoms with Crippen molar-refractivity contribution in [1.82, 2.24) is 15.0 Å². The fraction of sp³-hybridized carbons (Fsp3) is 0. The average Bonchev–Trinajstić information content (AvgIpc) is 3.81. The van der Waals surface area contributed by atoms with E-state index in [1.807, 2.05) is 66.7 Å². The Balaban J connectivity index is 1.15. The summed E-state index contributed by atoms with van der Waals surface area (Å²) in [6.07, 6.45) is 0. The summed E-state index contributed by atoms with van der Waals surface area (Å²) in [5.74, 6) is 0.571. The van der Waals surface area contributed by atoms with Crippen LogP contribution in [0.2, 0.25) is 0 Å². The minimum Gasteiger partial charge on any atom is -0.456 e. The Hall–Kier alpha value is -7.37. The van der Waals surface area contributed by atoms with E-state index in [-0.39, 0.29) is 0 Å². The zero-order chi connectivity index (χ0) is 35.6. The Bertz CT molecular complexity index is 3100. The van der Waals surface area contributed by atoms with Crippen LogP contribution in [-0.2, 0) is 0 Å². The van der Waals surface area contributed by atoms with E-state index in [2.05, 4.69) is 109 Å². The van der Waals surface area contributed by atoms with E-state index < -0.39 is 0 Å². The summed E-state index contributed by atoms with van der Waals surface area (Å²) < 4.78 is 12.4. The van der Waals surface area contributed by atoms with Gasteiger partial charge in [0.25, 0.3) is 0 Å². The van der Waals surface area contributed by atoms with Crippen LogP contribution < -0.4 is 0 Å². The number of hydrogen-bond donors (Lipinski definition) is 0. The molecule has 0 saturated heterocycles. The molecular formula is C49H29N3O2. The van der Waals surface area contributed by atoms with Crippen molar-refractivity contribution in [2.24, 2.45) is 0 Å². The molecule has 0 unspecified atom stereocenters. The molecular weight excluding hydrogens is 663 g/mol. The molecule has 4 aromatic heterocycles. The van der Waals surface area contributed by atoms with Gasteiger partial charge in [0.15, 0.2) is 5.82 Å². The quantitative estimate of drug-likeness (QED) is 0.180. The molecule has 0 aliphatic carbocycles. The zero-order valence-corrected chi connectivity index (χ0v) is 28.9. The topological polar surface area (TPSA) is 65.0 Å². The van der Waals surface area contributed by atoms with Gasteiger partial charge in [-0.3, -0.25) is 0 Å². The normalized spacial score (nSPS) is 11.7. The molecule has 0 aliphatic heterocycles. The van der Waals surface area contributed by atoms with Crippen molar-refractivity contribution in [3.8, 4) is 56.3 Å². The van der Waals surface area contributed by atoms with Crippen molar-refractivity contribution >= 4 is 54.8 Å². The molecule has 0 saturated carbocycles. The summed E-state index contributed by atoms with van der Waals surface area (Å²) in [7, 11) is 0. The summed E-state index contributed by atoms with van der Waals surface area (Å²) in [4.78, 5) is 15.3. The van der Waals surface area contributed by atoms with E-state index >= 15 is 0 Å². The SMILES string of the molecule is c1ccc(-c2cc(-c3cc(-c4ccc5oc6ccccc6c5c4)cc(-c4ccc5oc6ccccc6c5c4)c3)nc(-c3ccc4ccccc4n3)n2)cc1. The Morgan fingerprint density at radius 1 is 0.296 bits per heavy atom. The van der Waals surface area contributed by atoms with Crippen LogP contribution >= 0.6 is 0 Å². The molecule has 0 spiro atoms. The van der Waals surface area contributed by atoms with E-state index in [1.165, 1.54) is 0 Å². The number of benzene rings is 7. The Kier molecular flexibility index (Phi) is 6.79. The molecule has 0 amide bonds. The first-order chi connectivity index (χ1) is 26.7. The predicted octanol–water partition coefficient (Wildman–Crippen LogP) is 13.2. The third-order valence-electron chi connectivity index (χ3n) is 10.3. The third kappa shape index (κ3) is 5.13. The number of nitrogens with zero attached hydrogens (tertiary/aromatic N) is 3. The Labute approximate surface area is 309 Å². The first kappa shape index (κ1) is 30.3. The van der Waals surface area contributed by atoms with Gasteiger partial charge in [-0.15, -0.1) is 0 Å². The van der Waals surface area contributed by atoms with Gasteiger partial charge < -0.3 is 8.83 Å². The molecule has 252 valence electrons. The number of aromatic nitrogens is 3. The lowest BCUT2D eigenvalue weighted by Gasteiger charge is -2.13. The van der Waals surface area contributed by atoms with Crippen molar-refractivity contribution in [3.63, 3.8) is 0 Å². The van der Waals surface area contributed by atoms with Gasteiger partial charge in [-0.1, -0.05) is 103 Å². The van der Waals surface area contributed by atoms with E-state index in [4.69, 9.17) is 23.8 Å². The highest BCUT2D eigenvalue weighted by molar-refractivity contribution is 6.07. The van der Waals surface area contributed by atoms with Gasteiger partial charge in [0, 0.05) is 38.1 Å². The molecule has 5 heteroatoms. The fourth-order valence-corrected chi connectivity index (χ4v) is 7.58. The fourth-order valence-electron chi connectivity index (χ4n) is 7.58. The molecule has 5 nitrogen and oxygen atoms in total. The molecule has 0 atom stereocenters. The molecule has 0 bridgehead atoms.